The Bertz CT molecular complexity index is 412. The minimum atomic E-state index is -0.800. The van der Waals surface area contributed by atoms with E-state index in [0.29, 0.717) is 38.6 Å². The Morgan fingerprint density at radius 1 is 1.10 bits per heavy atom. The van der Waals surface area contributed by atoms with Crippen molar-refractivity contribution in [3.05, 3.63) is 0 Å². The van der Waals surface area contributed by atoms with E-state index in [2.05, 4.69) is 5.32 Å². The molecule has 21 heavy (non-hydrogen) atoms. The molecule has 2 aliphatic heterocycles. The van der Waals surface area contributed by atoms with E-state index < -0.39 is 5.97 Å². The lowest BCUT2D eigenvalue weighted by Gasteiger charge is -2.43. The first kappa shape index (κ1) is 15.6. The number of carbonyl (C=O) groups excluding carboxylic acids is 2. The summed E-state index contributed by atoms with van der Waals surface area (Å²) in [5.74, 6) is -0.276. The molecular weight excluding hydrogens is 274 g/mol. The molecule has 0 saturated carbocycles. The second kappa shape index (κ2) is 6.78. The minimum absolute atomic E-state index is 0.0152. The van der Waals surface area contributed by atoms with Crippen LogP contribution in [-0.2, 0) is 9.59 Å². The van der Waals surface area contributed by atoms with Crippen LogP contribution < -0.4 is 5.32 Å². The Hall–Kier alpha value is -1.79. The molecule has 0 radical (unpaired) electrons. The lowest BCUT2D eigenvalue weighted by Crippen LogP contribution is -2.56. The summed E-state index contributed by atoms with van der Waals surface area (Å²) < 4.78 is 0. The second-order valence-electron chi connectivity index (χ2n) is 6.02. The molecule has 0 atom stereocenters. The van der Waals surface area contributed by atoms with Crippen molar-refractivity contribution in [1.82, 2.24) is 15.1 Å². The van der Waals surface area contributed by atoms with Crippen LogP contribution in [0.25, 0.3) is 0 Å². The predicted molar refractivity (Wildman–Crippen MR) is 75.7 cm³/mol. The van der Waals surface area contributed by atoms with E-state index in [4.69, 9.17) is 5.11 Å². The summed E-state index contributed by atoms with van der Waals surface area (Å²) in [5.41, 5.74) is 0. The largest absolute Gasteiger partial charge is 0.481 e. The summed E-state index contributed by atoms with van der Waals surface area (Å²) in [6.45, 7) is 4.72. The van der Waals surface area contributed by atoms with E-state index in [9.17, 15) is 14.4 Å². The van der Waals surface area contributed by atoms with Gasteiger partial charge in [-0.15, -0.1) is 0 Å². The zero-order valence-corrected chi connectivity index (χ0v) is 12.4. The molecule has 2 rings (SSSR count). The van der Waals surface area contributed by atoms with Gasteiger partial charge in [0, 0.05) is 45.6 Å². The average Bonchev–Trinajstić information content (AvgIpc) is 2.39. The smallest absolute Gasteiger partial charge is 0.320 e. The summed E-state index contributed by atoms with van der Waals surface area (Å²) in [6.07, 6.45) is 1.94. The van der Waals surface area contributed by atoms with Gasteiger partial charge in [0.2, 0.25) is 5.91 Å². The number of amides is 3. The quantitative estimate of drug-likeness (QED) is 0.784. The topological polar surface area (TPSA) is 90.0 Å². The maximum atomic E-state index is 12.2. The molecule has 0 bridgehead atoms. The number of hydrogen-bond donors (Lipinski definition) is 2. The molecule has 2 fully saturated rings. The number of rotatable bonds is 4. The van der Waals surface area contributed by atoms with Crippen LogP contribution in [0.2, 0.25) is 0 Å². The van der Waals surface area contributed by atoms with Crippen LogP contribution in [0, 0.1) is 11.8 Å². The number of aliphatic carboxylic acids is 1. The van der Waals surface area contributed by atoms with Gasteiger partial charge in [0.15, 0.2) is 0 Å². The number of carboxylic acids is 1. The van der Waals surface area contributed by atoms with Crippen LogP contribution in [0.15, 0.2) is 0 Å². The molecule has 118 valence electrons. The first-order valence-corrected chi connectivity index (χ1v) is 7.45. The Kier molecular flexibility index (Phi) is 5.03. The van der Waals surface area contributed by atoms with Crippen LogP contribution in [0.1, 0.15) is 26.2 Å². The molecule has 3 amide bonds. The molecule has 7 nitrogen and oxygen atoms in total. The Morgan fingerprint density at radius 3 is 2.24 bits per heavy atom. The van der Waals surface area contributed by atoms with Gasteiger partial charge in [0.1, 0.15) is 0 Å². The lowest BCUT2D eigenvalue weighted by atomic mass is 9.95. The Balaban J connectivity index is 1.67. The highest BCUT2D eigenvalue weighted by Crippen LogP contribution is 2.23. The highest BCUT2D eigenvalue weighted by atomic mass is 16.4. The first-order valence-electron chi connectivity index (χ1n) is 7.45. The van der Waals surface area contributed by atoms with Crippen molar-refractivity contribution in [3.8, 4) is 0 Å². The zero-order valence-electron chi connectivity index (χ0n) is 12.4. The zero-order chi connectivity index (χ0) is 15.4. The van der Waals surface area contributed by atoms with E-state index in [0.717, 1.165) is 12.8 Å². The van der Waals surface area contributed by atoms with Crippen molar-refractivity contribution >= 4 is 17.9 Å². The fourth-order valence-electron chi connectivity index (χ4n) is 2.92. The molecule has 0 aromatic carbocycles. The van der Waals surface area contributed by atoms with E-state index in [1.807, 2.05) is 4.90 Å². The third-order valence-electron chi connectivity index (χ3n) is 4.22. The van der Waals surface area contributed by atoms with Gasteiger partial charge in [0.05, 0.1) is 6.42 Å². The molecule has 2 aliphatic rings. The standard InChI is InChI=1S/C14H23N3O4/c1-10(18)15-7-11-2-4-16(5-3-11)14(21)17-8-12(9-17)6-13(19)20/h11-12H,2-9H2,1H3,(H,15,18)(H,19,20). The number of piperidine rings is 1. The molecule has 0 aliphatic carbocycles. The highest BCUT2D eigenvalue weighted by Gasteiger charge is 2.35. The maximum absolute atomic E-state index is 12.2. The fourth-order valence-corrected chi connectivity index (χ4v) is 2.92. The molecule has 2 saturated heterocycles. The van der Waals surface area contributed by atoms with Gasteiger partial charge in [-0.25, -0.2) is 4.79 Å². The van der Waals surface area contributed by atoms with E-state index >= 15 is 0 Å². The van der Waals surface area contributed by atoms with Crippen LogP contribution in [0.4, 0.5) is 4.79 Å². The van der Waals surface area contributed by atoms with Gasteiger partial charge in [-0.2, -0.15) is 0 Å². The van der Waals surface area contributed by atoms with Crippen LogP contribution in [-0.4, -0.2) is 65.5 Å². The minimum Gasteiger partial charge on any atom is -0.481 e. The molecular formula is C14H23N3O4. The van der Waals surface area contributed by atoms with Crippen LogP contribution in [0.3, 0.4) is 0 Å². The average molecular weight is 297 g/mol. The molecule has 0 spiro atoms. The van der Waals surface area contributed by atoms with Gasteiger partial charge < -0.3 is 20.2 Å². The van der Waals surface area contributed by atoms with Gasteiger partial charge in [-0.3, -0.25) is 9.59 Å². The SMILES string of the molecule is CC(=O)NCC1CCN(C(=O)N2CC(CC(=O)O)C2)CC1. The number of carboxylic acid groups (broad SMARTS) is 1. The monoisotopic (exact) mass is 297 g/mol. The summed E-state index contributed by atoms with van der Waals surface area (Å²) in [7, 11) is 0. The third kappa shape index (κ3) is 4.34. The van der Waals surface area contributed by atoms with Crippen molar-refractivity contribution in [2.75, 3.05) is 32.7 Å². The lowest BCUT2D eigenvalue weighted by molar-refractivity contribution is -0.139. The van der Waals surface area contributed by atoms with E-state index in [1.54, 1.807) is 4.90 Å². The van der Waals surface area contributed by atoms with Crippen LogP contribution in [0.5, 0.6) is 0 Å². The fraction of sp³-hybridized carbons (Fsp3) is 0.786. The molecule has 2 N–H and O–H groups in total. The summed E-state index contributed by atoms with van der Waals surface area (Å²) in [6, 6.07) is 0.0228. The number of urea groups is 1. The van der Waals surface area contributed by atoms with Crippen molar-refractivity contribution in [2.24, 2.45) is 11.8 Å². The molecule has 0 aromatic heterocycles. The van der Waals surface area contributed by atoms with Crippen molar-refractivity contribution in [2.45, 2.75) is 26.2 Å². The number of nitrogens with one attached hydrogen (secondary N) is 1. The van der Waals surface area contributed by atoms with Crippen molar-refractivity contribution in [3.63, 3.8) is 0 Å². The van der Waals surface area contributed by atoms with Crippen molar-refractivity contribution < 1.29 is 19.5 Å². The Morgan fingerprint density at radius 2 is 1.71 bits per heavy atom. The second-order valence-corrected chi connectivity index (χ2v) is 6.02. The van der Waals surface area contributed by atoms with Crippen molar-refractivity contribution in [1.29, 1.82) is 0 Å². The molecule has 0 aromatic rings. The van der Waals surface area contributed by atoms with Gasteiger partial charge >= 0.3 is 12.0 Å². The normalized spacial score (nSPS) is 20.0. The van der Waals surface area contributed by atoms with Crippen LogP contribution >= 0.6 is 0 Å². The molecule has 0 unspecified atom stereocenters. The van der Waals surface area contributed by atoms with E-state index in [1.165, 1.54) is 6.92 Å². The van der Waals surface area contributed by atoms with Gasteiger partial charge in [0.25, 0.3) is 0 Å². The maximum Gasteiger partial charge on any atom is 0.320 e. The first-order chi connectivity index (χ1) is 9.95. The molecule has 2 heterocycles. The number of nitrogens with zero attached hydrogens (tertiary/aromatic N) is 2. The van der Waals surface area contributed by atoms with Gasteiger partial charge in [-0.05, 0) is 18.8 Å². The Labute approximate surface area is 124 Å². The molecule has 7 heteroatoms. The third-order valence-corrected chi connectivity index (χ3v) is 4.22. The summed E-state index contributed by atoms with van der Waals surface area (Å²) >= 11 is 0. The number of carbonyl (C=O) groups is 3. The highest BCUT2D eigenvalue weighted by molar-refractivity contribution is 5.76. The predicted octanol–water partition coefficient (Wildman–Crippen LogP) is 0.361. The number of likely N-dealkylation sites (tertiary alicyclic amines) is 2. The van der Waals surface area contributed by atoms with E-state index in [-0.39, 0.29) is 24.3 Å². The summed E-state index contributed by atoms with van der Waals surface area (Å²) in [5, 5.41) is 11.5. The number of hydrogen-bond acceptors (Lipinski definition) is 3. The summed E-state index contributed by atoms with van der Waals surface area (Å²) in [4.78, 5) is 37.2. The van der Waals surface area contributed by atoms with Gasteiger partial charge in [-0.1, -0.05) is 0 Å².